The van der Waals surface area contributed by atoms with E-state index in [1.807, 2.05) is 24.3 Å². The average Bonchev–Trinajstić information content (AvgIpc) is 2.69. The van der Waals surface area contributed by atoms with Crippen molar-refractivity contribution in [1.29, 1.82) is 0 Å². The fourth-order valence-corrected chi connectivity index (χ4v) is 4.08. The lowest BCUT2D eigenvalue weighted by Gasteiger charge is -2.26. The quantitative estimate of drug-likeness (QED) is 0.539. The molecular weight excluding hydrogens is 368 g/mol. The summed E-state index contributed by atoms with van der Waals surface area (Å²) in [5.41, 5.74) is 1.14. The Labute approximate surface area is 175 Å². The van der Waals surface area contributed by atoms with Gasteiger partial charge in [0.05, 0.1) is 18.1 Å². The van der Waals surface area contributed by atoms with E-state index in [0.29, 0.717) is 18.9 Å². The van der Waals surface area contributed by atoms with Crippen molar-refractivity contribution in [2.75, 3.05) is 7.11 Å². The van der Waals surface area contributed by atoms with Gasteiger partial charge in [-0.2, -0.15) is 0 Å². The number of nitrogens with one attached hydrogen (secondary N) is 2. The molecule has 1 fully saturated rings. The summed E-state index contributed by atoms with van der Waals surface area (Å²) in [7, 11) is 1.67. The second-order valence-corrected chi connectivity index (χ2v) is 8.81. The zero-order chi connectivity index (χ0) is 20.4. The lowest BCUT2D eigenvalue weighted by molar-refractivity contribution is -0.122. The number of hydrogen-bond acceptors (Lipinski definition) is 3. The van der Waals surface area contributed by atoms with Gasteiger partial charge in [-0.15, -0.1) is 0 Å². The normalized spacial score (nSPS) is 15.9. The third kappa shape index (κ3) is 8.17. The van der Waals surface area contributed by atoms with Gasteiger partial charge in [0.25, 0.3) is 0 Å². The van der Waals surface area contributed by atoms with Crippen LogP contribution in [0.25, 0.3) is 0 Å². The van der Waals surface area contributed by atoms with Crippen molar-refractivity contribution in [3.05, 3.63) is 29.8 Å². The summed E-state index contributed by atoms with van der Waals surface area (Å²) in [5.74, 6) is 2.07. The fraction of sp³-hybridized carbons (Fsp3) is 0.652. The van der Waals surface area contributed by atoms with E-state index in [1.165, 1.54) is 32.1 Å². The molecule has 1 aromatic carbocycles. The van der Waals surface area contributed by atoms with E-state index in [4.69, 9.17) is 17.0 Å². The molecule has 28 heavy (non-hydrogen) atoms. The fourth-order valence-electron chi connectivity index (χ4n) is 3.83. The molecule has 0 aromatic heterocycles. The first-order chi connectivity index (χ1) is 13.5. The first kappa shape index (κ1) is 22.7. The van der Waals surface area contributed by atoms with Gasteiger partial charge in [-0.05, 0) is 42.4 Å². The average molecular weight is 405 g/mol. The maximum absolute atomic E-state index is 12.4. The predicted octanol–water partition coefficient (Wildman–Crippen LogP) is 5.00. The smallest absolute Gasteiger partial charge is 0.220 e. The van der Waals surface area contributed by atoms with Crippen LogP contribution in [0.5, 0.6) is 5.75 Å². The van der Waals surface area contributed by atoms with Crippen LogP contribution < -0.4 is 15.4 Å². The van der Waals surface area contributed by atoms with Gasteiger partial charge in [0.1, 0.15) is 5.75 Å². The third-order valence-corrected chi connectivity index (χ3v) is 5.89. The van der Waals surface area contributed by atoms with Gasteiger partial charge in [0, 0.05) is 13.0 Å². The van der Waals surface area contributed by atoms with Crippen LogP contribution in [0.2, 0.25) is 0 Å². The van der Waals surface area contributed by atoms with Crippen molar-refractivity contribution >= 4 is 23.1 Å². The van der Waals surface area contributed by atoms with Crippen LogP contribution in [0, 0.1) is 11.8 Å². The summed E-state index contributed by atoms with van der Waals surface area (Å²) in [6.45, 7) is 4.79. The minimum atomic E-state index is -0.0820. The van der Waals surface area contributed by atoms with E-state index < -0.39 is 0 Å². The van der Waals surface area contributed by atoms with Crippen molar-refractivity contribution in [3.8, 4) is 5.75 Å². The molecule has 0 unspecified atom stereocenters. The maximum atomic E-state index is 12.4. The molecule has 1 aromatic rings. The minimum Gasteiger partial charge on any atom is -0.497 e. The Hall–Kier alpha value is -1.62. The van der Waals surface area contributed by atoms with E-state index in [1.54, 1.807) is 7.11 Å². The summed E-state index contributed by atoms with van der Waals surface area (Å²) >= 11 is 5.67. The summed E-state index contributed by atoms with van der Waals surface area (Å²) in [6, 6.07) is 7.88. The SMILES string of the molecule is COc1ccc(CNC(=S)[C@@H](CCC2CCCCC2)NC(=O)CC(C)C)cc1. The van der Waals surface area contributed by atoms with E-state index in [0.717, 1.165) is 35.1 Å². The lowest BCUT2D eigenvalue weighted by atomic mass is 9.85. The topological polar surface area (TPSA) is 50.4 Å². The first-order valence-corrected chi connectivity index (χ1v) is 11.1. The number of ether oxygens (including phenoxy) is 1. The molecule has 1 atom stereocenters. The molecule has 0 radical (unpaired) electrons. The number of hydrogen-bond donors (Lipinski definition) is 2. The van der Waals surface area contributed by atoms with Crippen molar-refractivity contribution in [2.45, 2.75) is 77.8 Å². The Morgan fingerprint density at radius 1 is 1.18 bits per heavy atom. The van der Waals surface area contributed by atoms with Crippen molar-refractivity contribution in [1.82, 2.24) is 10.6 Å². The third-order valence-electron chi connectivity index (χ3n) is 5.46. The van der Waals surface area contributed by atoms with Crippen LogP contribution >= 0.6 is 12.2 Å². The second kappa shape index (κ2) is 12.1. The molecule has 0 saturated heterocycles. The van der Waals surface area contributed by atoms with Crippen molar-refractivity contribution < 1.29 is 9.53 Å². The Bertz CT molecular complexity index is 610. The molecule has 1 amide bonds. The van der Waals surface area contributed by atoms with E-state index in [9.17, 15) is 4.79 Å². The predicted molar refractivity (Wildman–Crippen MR) is 120 cm³/mol. The molecule has 1 aliphatic rings. The van der Waals surface area contributed by atoms with Gasteiger partial charge < -0.3 is 15.4 Å². The Kier molecular flexibility index (Phi) is 9.76. The van der Waals surface area contributed by atoms with Gasteiger partial charge in [-0.3, -0.25) is 4.79 Å². The number of rotatable bonds is 10. The van der Waals surface area contributed by atoms with Crippen LogP contribution in [-0.2, 0) is 11.3 Å². The second-order valence-electron chi connectivity index (χ2n) is 8.37. The number of thiocarbonyl (C=S) groups is 1. The largest absolute Gasteiger partial charge is 0.497 e. The molecule has 2 rings (SSSR count). The molecule has 0 spiro atoms. The van der Waals surface area contributed by atoms with Gasteiger partial charge in [0.2, 0.25) is 5.91 Å². The van der Waals surface area contributed by atoms with Crippen LogP contribution in [0.15, 0.2) is 24.3 Å². The highest BCUT2D eigenvalue weighted by Gasteiger charge is 2.21. The van der Waals surface area contributed by atoms with Gasteiger partial charge in [0.15, 0.2) is 0 Å². The Balaban J connectivity index is 1.90. The Morgan fingerprint density at radius 3 is 2.46 bits per heavy atom. The number of methoxy groups -OCH3 is 1. The summed E-state index contributed by atoms with van der Waals surface area (Å²) < 4.78 is 5.20. The zero-order valence-electron chi connectivity index (χ0n) is 17.6. The summed E-state index contributed by atoms with van der Waals surface area (Å²) in [5, 5.41) is 6.54. The molecule has 2 N–H and O–H groups in total. The summed E-state index contributed by atoms with van der Waals surface area (Å²) in [4.78, 5) is 13.1. The number of benzene rings is 1. The van der Waals surface area contributed by atoms with E-state index in [2.05, 4.69) is 24.5 Å². The molecule has 1 aliphatic carbocycles. The minimum absolute atomic E-state index is 0.0820. The molecule has 4 nitrogen and oxygen atoms in total. The van der Waals surface area contributed by atoms with Crippen LogP contribution in [0.1, 0.15) is 70.8 Å². The first-order valence-electron chi connectivity index (χ1n) is 10.7. The molecule has 0 heterocycles. The van der Waals surface area contributed by atoms with Crippen LogP contribution in [-0.4, -0.2) is 24.0 Å². The number of amides is 1. The molecule has 1 saturated carbocycles. The van der Waals surface area contributed by atoms with E-state index >= 15 is 0 Å². The molecular formula is C23H36N2O2S. The number of carbonyl (C=O) groups is 1. The highest BCUT2D eigenvalue weighted by Crippen LogP contribution is 2.28. The van der Waals surface area contributed by atoms with Crippen LogP contribution in [0.3, 0.4) is 0 Å². The van der Waals surface area contributed by atoms with Crippen molar-refractivity contribution in [2.24, 2.45) is 11.8 Å². The molecule has 0 aliphatic heterocycles. The zero-order valence-corrected chi connectivity index (χ0v) is 18.4. The molecule has 156 valence electrons. The highest BCUT2D eigenvalue weighted by atomic mass is 32.1. The van der Waals surface area contributed by atoms with E-state index in [-0.39, 0.29) is 11.9 Å². The molecule has 0 bridgehead atoms. The van der Waals surface area contributed by atoms with Gasteiger partial charge in [-0.1, -0.05) is 70.3 Å². The van der Waals surface area contributed by atoms with Gasteiger partial charge in [-0.25, -0.2) is 0 Å². The lowest BCUT2D eigenvalue weighted by Crippen LogP contribution is -2.46. The molecule has 5 heteroatoms. The maximum Gasteiger partial charge on any atom is 0.220 e. The van der Waals surface area contributed by atoms with Crippen molar-refractivity contribution in [3.63, 3.8) is 0 Å². The standard InChI is InChI=1S/C23H36N2O2S/c1-17(2)15-22(26)25-21(14-11-18-7-5-4-6-8-18)23(28)24-16-19-9-12-20(27-3)13-10-19/h9-10,12-13,17-18,21H,4-8,11,14-16H2,1-3H3,(H,24,28)(H,25,26)/t21-/m1/s1. The monoisotopic (exact) mass is 404 g/mol. The summed E-state index contributed by atoms with van der Waals surface area (Å²) in [6.07, 6.45) is 9.29. The van der Waals surface area contributed by atoms with Crippen LogP contribution in [0.4, 0.5) is 0 Å². The Morgan fingerprint density at radius 2 is 1.86 bits per heavy atom. The highest BCUT2D eigenvalue weighted by molar-refractivity contribution is 7.80. The van der Waals surface area contributed by atoms with Gasteiger partial charge >= 0.3 is 0 Å². The number of carbonyl (C=O) groups excluding carboxylic acids is 1.